The molecule has 1 atom stereocenters. The molecule has 1 fully saturated rings. The fraction of sp³-hybridized carbons (Fsp3) is 0.481. The van der Waals surface area contributed by atoms with Crippen LogP contribution in [-0.2, 0) is 13.1 Å². The van der Waals surface area contributed by atoms with Gasteiger partial charge in [-0.15, -0.1) is 5.10 Å². The number of pyridine rings is 1. The summed E-state index contributed by atoms with van der Waals surface area (Å²) in [6, 6.07) is 10.6. The van der Waals surface area contributed by atoms with Gasteiger partial charge >= 0.3 is 0 Å². The second kappa shape index (κ2) is 10.2. The van der Waals surface area contributed by atoms with E-state index in [4.69, 9.17) is 4.42 Å². The van der Waals surface area contributed by atoms with Crippen molar-refractivity contribution in [3.05, 3.63) is 75.2 Å². The molecule has 4 aromatic rings. The van der Waals surface area contributed by atoms with Crippen molar-refractivity contribution < 1.29 is 4.42 Å². The lowest BCUT2D eigenvalue weighted by Gasteiger charge is -2.35. The van der Waals surface area contributed by atoms with E-state index in [9.17, 15) is 4.79 Å². The standard InChI is InChI=1S/C27H34N6O2/c1-4-8-24(26-29-30-31-33(26)17-23-11-7-12-35-23)32(22-9-5-6-10-22)16-21-15-20-14-18(2)13-19(3)25(20)28-27(21)34/h7,11-15,22,24H,4-6,8-10,16-17H2,1-3H3,(H,28,34). The van der Waals surface area contributed by atoms with Gasteiger partial charge in [0.2, 0.25) is 0 Å². The number of nitrogens with one attached hydrogen (secondary N) is 1. The summed E-state index contributed by atoms with van der Waals surface area (Å²) in [4.78, 5) is 18.9. The van der Waals surface area contributed by atoms with Gasteiger partial charge in [-0.25, -0.2) is 4.68 Å². The van der Waals surface area contributed by atoms with Crippen molar-refractivity contribution in [2.45, 2.75) is 84.5 Å². The number of fused-ring (bicyclic) bond motifs is 1. The van der Waals surface area contributed by atoms with E-state index in [1.165, 1.54) is 18.4 Å². The Bertz CT molecular complexity index is 1330. The minimum atomic E-state index is -0.0159. The Morgan fingerprint density at radius 3 is 2.80 bits per heavy atom. The fourth-order valence-corrected chi connectivity index (χ4v) is 5.61. The summed E-state index contributed by atoms with van der Waals surface area (Å²) in [6.07, 6.45) is 8.26. The molecule has 1 aliphatic rings. The zero-order valence-electron chi connectivity index (χ0n) is 20.8. The molecule has 0 bridgehead atoms. The van der Waals surface area contributed by atoms with Crippen LogP contribution < -0.4 is 5.56 Å². The first-order valence-electron chi connectivity index (χ1n) is 12.7. The first-order chi connectivity index (χ1) is 17.0. The van der Waals surface area contributed by atoms with Crippen molar-refractivity contribution in [1.29, 1.82) is 0 Å². The summed E-state index contributed by atoms with van der Waals surface area (Å²) < 4.78 is 7.40. The molecule has 5 rings (SSSR count). The summed E-state index contributed by atoms with van der Waals surface area (Å²) in [6.45, 7) is 7.39. The fourth-order valence-electron chi connectivity index (χ4n) is 5.61. The minimum Gasteiger partial charge on any atom is -0.467 e. The number of aryl methyl sites for hydroxylation is 2. The lowest BCUT2D eigenvalue weighted by atomic mass is 10.0. The van der Waals surface area contributed by atoms with Crippen molar-refractivity contribution in [1.82, 2.24) is 30.1 Å². The predicted molar refractivity (Wildman–Crippen MR) is 135 cm³/mol. The van der Waals surface area contributed by atoms with Crippen molar-refractivity contribution in [3.63, 3.8) is 0 Å². The molecule has 0 amide bonds. The highest BCUT2D eigenvalue weighted by atomic mass is 16.3. The molecule has 1 N–H and O–H groups in total. The Labute approximate surface area is 205 Å². The molecule has 0 radical (unpaired) electrons. The van der Waals surface area contributed by atoms with Gasteiger partial charge in [0, 0.05) is 18.2 Å². The molecule has 8 heteroatoms. The highest BCUT2D eigenvalue weighted by Gasteiger charge is 2.33. The molecule has 0 aliphatic heterocycles. The Morgan fingerprint density at radius 2 is 2.06 bits per heavy atom. The van der Waals surface area contributed by atoms with Crippen LogP contribution in [0.25, 0.3) is 10.9 Å². The van der Waals surface area contributed by atoms with Crippen molar-refractivity contribution in [2.24, 2.45) is 0 Å². The first kappa shape index (κ1) is 23.5. The minimum absolute atomic E-state index is 0.0159. The predicted octanol–water partition coefficient (Wildman–Crippen LogP) is 5.06. The number of tetrazole rings is 1. The summed E-state index contributed by atoms with van der Waals surface area (Å²) in [5.41, 5.74) is 3.99. The number of aromatic amines is 1. The molecule has 1 aromatic carbocycles. The molecular formula is C27H34N6O2. The van der Waals surface area contributed by atoms with E-state index >= 15 is 0 Å². The molecule has 184 valence electrons. The molecule has 3 aromatic heterocycles. The van der Waals surface area contributed by atoms with E-state index in [2.05, 4.69) is 57.5 Å². The topological polar surface area (TPSA) is 92.8 Å². The van der Waals surface area contributed by atoms with Gasteiger partial charge in [-0.2, -0.15) is 0 Å². The van der Waals surface area contributed by atoms with Gasteiger partial charge < -0.3 is 9.40 Å². The summed E-state index contributed by atoms with van der Waals surface area (Å²) in [7, 11) is 0. The smallest absolute Gasteiger partial charge is 0.252 e. The summed E-state index contributed by atoms with van der Waals surface area (Å²) in [5.74, 6) is 1.65. The van der Waals surface area contributed by atoms with Crippen LogP contribution in [0.5, 0.6) is 0 Å². The van der Waals surface area contributed by atoms with Gasteiger partial charge in [0.05, 0.1) is 17.8 Å². The normalized spacial score (nSPS) is 15.4. The highest BCUT2D eigenvalue weighted by Crippen LogP contribution is 2.34. The molecule has 1 saturated carbocycles. The Hall–Kier alpha value is -3.26. The maximum atomic E-state index is 13.2. The number of nitrogens with zero attached hydrogens (tertiary/aromatic N) is 5. The van der Waals surface area contributed by atoms with Crippen LogP contribution in [0, 0.1) is 13.8 Å². The number of benzene rings is 1. The maximum Gasteiger partial charge on any atom is 0.252 e. The third-order valence-corrected chi connectivity index (χ3v) is 7.22. The van der Waals surface area contributed by atoms with E-state index in [-0.39, 0.29) is 11.6 Å². The second-order valence-corrected chi connectivity index (χ2v) is 9.86. The summed E-state index contributed by atoms with van der Waals surface area (Å²) in [5, 5.41) is 13.9. The average Bonchev–Trinajstić information content (AvgIpc) is 3.61. The summed E-state index contributed by atoms with van der Waals surface area (Å²) >= 11 is 0. The quantitative estimate of drug-likeness (QED) is 0.365. The zero-order chi connectivity index (χ0) is 24.4. The lowest BCUT2D eigenvalue weighted by Crippen LogP contribution is -2.39. The first-order valence-corrected chi connectivity index (χ1v) is 12.7. The van der Waals surface area contributed by atoms with Crippen LogP contribution >= 0.6 is 0 Å². The van der Waals surface area contributed by atoms with Crippen LogP contribution in [0.15, 0.2) is 45.8 Å². The number of rotatable bonds is 9. The molecule has 0 spiro atoms. The molecule has 1 aliphatic carbocycles. The number of H-pyrrole nitrogens is 1. The Balaban J connectivity index is 1.53. The third kappa shape index (κ3) is 4.93. The number of hydrogen-bond acceptors (Lipinski definition) is 6. The maximum absolute atomic E-state index is 13.2. The Morgan fingerprint density at radius 1 is 1.23 bits per heavy atom. The van der Waals surface area contributed by atoms with E-state index in [0.29, 0.717) is 19.1 Å². The van der Waals surface area contributed by atoms with E-state index in [1.54, 1.807) is 6.26 Å². The van der Waals surface area contributed by atoms with Gasteiger partial charge in [-0.3, -0.25) is 9.69 Å². The third-order valence-electron chi connectivity index (χ3n) is 7.22. The van der Waals surface area contributed by atoms with E-state index in [0.717, 1.165) is 59.3 Å². The second-order valence-electron chi connectivity index (χ2n) is 9.86. The van der Waals surface area contributed by atoms with Crippen LogP contribution in [0.3, 0.4) is 0 Å². The largest absolute Gasteiger partial charge is 0.467 e. The zero-order valence-corrected chi connectivity index (χ0v) is 20.8. The number of hydrogen-bond donors (Lipinski definition) is 1. The lowest BCUT2D eigenvalue weighted by molar-refractivity contribution is 0.108. The van der Waals surface area contributed by atoms with Crippen molar-refractivity contribution in [3.8, 4) is 0 Å². The van der Waals surface area contributed by atoms with Crippen LogP contribution in [0.4, 0.5) is 0 Å². The average molecular weight is 475 g/mol. The van der Waals surface area contributed by atoms with Gasteiger partial charge in [0.15, 0.2) is 5.82 Å². The van der Waals surface area contributed by atoms with Gasteiger partial charge in [-0.05, 0) is 78.8 Å². The molecule has 0 saturated heterocycles. The van der Waals surface area contributed by atoms with Gasteiger partial charge in [-0.1, -0.05) is 37.8 Å². The van der Waals surface area contributed by atoms with Crippen molar-refractivity contribution in [2.75, 3.05) is 0 Å². The van der Waals surface area contributed by atoms with Crippen LogP contribution in [-0.4, -0.2) is 36.1 Å². The SMILES string of the molecule is CCCC(c1nnnn1Cc1ccco1)N(Cc1cc2cc(C)cc(C)c2[nH]c1=O)C1CCCC1. The van der Waals surface area contributed by atoms with Gasteiger partial charge in [0.25, 0.3) is 5.56 Å². The highest BCUT2D eigenvalue weighted by molar-refractivity contribution is 5.82. The van der Waals surface area contributed by atoms with E-state index < -0.39 is 0 Å². The monoisotopic (exact) mass is 474 g/mol. The Kier molecular flexibility index (Phi) is 6.81. The van der Waals surface area contributed by atoms with Crippen molar-refractivity contribution >= 4 is 10.9 Å². The molecule has 35 heavy (non-hydrogen) atoms. The number of aromatic nitrogens is 5. The molecule has 8 nitrogen and oxygen atoms in total. The van der Waals surface area contributed by atoms with E-state index in [1.807, 2.05) is 23.7 Å². The molecule has 3 heterocycles. The van der Waals surface area contributed by atoms with Gasteiger partial charge in [0.1, 0.15) is 12.3 Å². The molecule has 1 unspecified atom stereocenters. The number of furan rings is 1. The van der Waals surface area contributed by atoms with Crippen LogP contribution in [0.1, 0.15) is 79.8 Å². The molecular weight excluding hydrogens is 440 g/mol. The van der Waals surface area contributed by atoms with Crippen LogP contribution in [0.2, 0.25) is 0 Å².